The first-order chi connectivity index (χ1) is 10.4. The van der Waals surface area contributed by atoms with Crippen LogP contribution in [0, 0.1) is 0 Å². The third kappa shape index (κ3) is 5.22. The summed E-state index contributed by atoms with van der Waals surface area (Å²) in [6.45, 7) is 0. The molecular formula is C17H26ClN3O2. The summed E-state index contributed by atoms with van der Waals surface area (Å²) in [5.41, 5.74) is 7.13. The summed E-state index contributed by atoms with van der Waals surface area (Å²) < 4.78 is 0. The quantitative estimate of drug-likeness (QED) is 0.884. The fourth-order valence-electron chi connectivity index (χ4n) is 2.70. The highest BCUT2D eigenvalue weighted by Gasteiger charge is 2.35. The Morgan fingerprint density at radius 2 is 1.70 bits per heavy atom. The number of likely N-dealkylation sites (N-methyl/N-ethyl adjacent to an activating group) is 1. The number of amides is 2. The van der Waals surface area contributed by atoms with E-state index in [4.69, 9.17) is 5.73 Å². The first kappa shape index (κ1) is 19.5. The molecule has 23 heavy (non-hydrogen) atoms. The molecule has 0 bridgehead atoms. The smallest absolute Gasteiger partial charge is 0.244 e. The second kappa shape index (κ2) is 8.31. The Labute approximate surface area is 144 Å². The van der Waals surface area contributed by atoms with E-state index < -0.39 is 5.54 Å². The number of anilines is 1. The molecule has 0 aliphatic heterocycles. The van der Waals surface area contributed by atoms with Gasteiger partial charge in [-0.25, -0.2) is 0 Å². The lowest BCUT2D eigenvalue weighted by atomic mass is 9.82. The van der Waals surface area contributed by atoms with Crippen LogP contribution in [0.5, 0.6) is 0 Å². The van der Waals surface area contributed by atoms with Gasteiger partial charge in [-0.1, -0.05) is 31.4 Å². The Kier molecular flexibility index (Phi) is 7.03. The van der Waals surface area contributed by atoms with Gasteiger partial charge in [-0.15, -0.1) is 12.4 Å². The van der Waals surface area contributed by atoms with Gasteiger partial charge in [0.1, 0.15) is 0 Å². The van der Waals surface area contributed by atoms with E-state index in [-0.39, 0.29) is 24.2 Å². The van der Waals surface area contributed by atoms with Crippen LogP contribution in [0.25, 0.3) is 0 Å². The van der Waals surface area contributed by atoms with Gasteiger partial charge >= 0.3 is 0 Å². The third-order valence-electron chi connectivity index (χ3n) is 4.26. The maximum absolute atomic E-state index is 12.3. The van der Waals surface area contributed by atoms with Gasteiger partial charge in [-0.05, 0) is 30.5 Å². The maximum Gasteiger partial charge on any atom is 0.244 e. The second-order valence-electron chi connectivity index (χ2n) is 6.33. The van der Waals surface area contributed by atoms with E-state index in [1.807, 2.05) is 24.3 Å². The van der Waals surface area contributed by atoms with Crippen LogP contribution in [-0.4, -0.2) is 36.3 Å². The Hall–Kier alpha value is -1.59. The second-order valence-corrected chi connectivity index (χ2v) is 6.33. The van der Waals surface area contributed by atoms with E-state index in [2.05, 4.69) is 5.32 Å². The zero-order valence-electron chi connectivity index (χ0n) is 13.8. The molecule has 0 saturated heterocycles. The van der Waals surface area contributed by atoms with E-state index in [0.29, 0.717) is 6.42 Å². The Morgan fingerprint density at radius 1 is 1.13 bits per heavy atom. The molecule has 2 rings (SSSR count). The van der Waals surface area contributed by atoms with Crippen molar-refractivity contribution >= 4 is 29.9 Å². The molecule has 1 aromatic carbocycles. The number of carbonyl (C=O) groups excluding carboxylic acids is 2. The molecule has 0 unspecified atom stereocenters. The molecule has 1 saturated carbocycles. The molecule has 1 fully saturated rings. The van der Waals surface area contributed by atoms with E-state index in [1.165, 1.54) is 0 Å². The van der Waals surface area contributed by atoms with Crippen molar-refractivity contribution in [2.45, 2.75) is 44.1 Å². The summed E-state index contributed by atoms with van der Waals surface area (Å²) >= 11 is 0. The molecule has 1 aliphatic carbocycles. The predicted octanol–water partition coefficient (Wildman–Crippen LogP) is 2.34. The number of hydrogen-bond acceptors (Lipinski definition) is 3. The van der Waals surface area contributed by atoms with E-state index in [1.54, 1.807) is 19.0 Å². The first-order valence-electron chi connectivity index (χ1n) is 7.80. The van der Waals surface area contributed by atoms with Crippen LogP contribution < -0.4 is 11.1 Å². The SMILES string of the molecule is CN(C)C(=O)Cc1ccc(NC(=O)C2(N)CCCCC2)cc1.Cl. The molecule has 128 valence electrons. The highest BCUT2D eigenvalue weighted by atomic mass is 35.5. The topological polar surface area (TPSA) is 75.4 Å². The maximum atomic E-state index is 12.3. The van der Waals surface area contributed by atoms with Crippen molar-refractivity contribution in [3.05, 3.63) is 29.8 Å². The fourth-order valence-corrected chi connectivity index (χ4v) is 2.70. The van der Waals surface area contributed by atoms with Crippen LogP contribution in [0.3, 0.4) is 0 Å². The van der Waals surface area contributed by atoms with Gasteiger partial charge in [0.25, 0.3) is 0 Å². The monoisotopic (exact) mass is 339 g/mol. The normalized spacial score (nSPS) is 16.1. The van der Waals surface area contributed by atoms with E-state index in [0.717, 1.165) is 43.4 Å². The molecule has 0 heterocycles. The number of hydrogen-bond donors (Lipinski definition) is 2. The lowest BCUT2D eigenvalue weighted by molar-refractivity contribution is -0.128. The minimum atomic E-state index is -0.738. The number of nitrogens with one attached hydrogen (secondary N) is 1. The van der Waals surface area contributed by atoms with Crippen LogP contribution >= 0.6 is 12.4 Å². The molecule has 2 amide bonds. The molecule has 0 radical (unpaired) electrons. The lowest BCUT2D eigenvalue weighted by Gasteiger charge is -2.31. The zero-order valence-corrected chi connectivity index (χ0v) is 14.6. The summed E-state index contributed by atoms with van der Waals surface area (Å²) in [5, 5.41) is 2.90. The van der Waals surface area contributed by atoms with Crippen LogP contribution in [0.1, 0.15) is 37.7 Å². The number of nitrogens with zero attached hydrogens (tertiary/aromatic N) is 1. The van der Waals surface area contributed by atoms with Crippen molar-refractivity contribution in [1.29, 1.82) is 0 Å². The number of benzene rings is 1. The molecule has 5 nitrogen and oxygen atoms in total. The van der Waals surface area contributed by atoms with Gasteiger partial charge in [0.2, 0.25) is 11.8 Å². The van der Waals surface area contributed by atoms with Crippen molar-refractivity contribution in [1.82, 2.24) is 4.90 Å². The van der Waals surface area contributed by atoms with Crippen molar-refractivity contribution < 1.29 is 9.59 Å². The predicted molar refractivity (Wildman–Crippen MR) is 94.7 cm³/mol. The highest BCUT2D eigenvalue weighted by molar-refractivity contribution is 5.98. The molecule has 3 N–H and O–H groups in total. The number of rotatable bonds is 4. The Balaban J connectivity index is 0.00000264. The average molecular weight is 340 g/mol. The lowest BCUT2D eigenvalue weighted by Crippen LogP contribution is -2.52. The average Bonchev–Trinajstić information content (AvgIpc) is 2.49. The molecular weight excluding hydrogens is 314 g/mol. The highest BCUT2D eigenvalue weighted by Crippen LogP contribution is 2.27. The van der Waals surface area contributed by atoms with Crippen LogP contribution in [0.15, 0.2) is 24.3 Å². The van der Waals surface area contributed by atoms with Gasteiger partial charge in [-0.3, -0.25) is 9.59 Å². The van der Waals surface area contributed by atoms with Crippen LogP contribution in [0.4, 0.5) is 5.69 Å². The van der Waals surface area contributed by atoms with Gasteiger partial charge in [0, 0.05) is 19.8 Å². The minimum Gasteiger partial charge on any atom is -0.349 e. The molecule has 6 heteroatoms. The van der Waals surface area contributed by atoms with Gasteiger partial charge in [-0.2, -0.15) is 0 Å². The van der Waals surface area contributed by atoms with Gasteiger partial charge in [0.15, 0.2) is 0 Å². The summed E-state index contributed by atoms with van der Waals surface area (Å²) in [4.78, 5) is 25.6. The van der Waals surface area contributed by atoms with Gasteiger partial charge < -0.3 is 16.0 Å². The van der Waals surface area contributed by atoms with E-state index >= 15 is 0 Å². The van der Waals surface area contributed by atoms with Crippen molar-refractivity contribution in [3.8, 4) is 0 Å². The van der Waals surface area contributed by atoms with E-state index in [9.17, 15) is 9.59 Å². The Morgan fingerprint density at radius 3 is 2.22 bits per heavy atom. The minimum absolute atomic E-state index is 0. The third-order valence-corrected chi connectivity index (χ3v) is 4.26. The molecule has 1 aliphatic rings. The summed E-state index contributed by atoms with van der Waals surface area (Å²) in [7, 11) is 3.48. The zero-order chi connectivity index (χ0) is 16.2. The molecule has 1 aromatic rings. The molecule has 0 aromatic heterocycles. The summed E-state index contributed by atoms with van der Waals surface area (Å²) in [5.74, 6) is -0.0516. The number of nitrogens with two attached hydrogens (primary N) is 1. The Bertz CT molecular complexity index is 537. The number of halogens is 1. The van der Waals surface area contributed by atoms with Crippen molar-refractivity contribution in [2.75, 3.05) is 19.4 Å². The largest absolute Gasteiger partial charge is 0.349 e. The van der Waals surface area contributed by atoms with Crippen LogP contribution in [-0.2, 0) is 16.0 Å². The van der Waals surface area contributed by atoms with Crippen molar-refractivity contribution in [2.24, 2.45) is 5.73 Å². The van der Waals surface area contributed by atoms with Gasteiger partial charge in [0.05, 0.1) is 12.0 Å². The number of carbonyl (C=O) groups is 2. The fraction of sp³-hybridized carbons (Fsp3) is 0.529. The first-order valence-corrected chi connectivity index (χ1v) is 7.80. The summed E-state index contributed by atoms with van der Waals surface area (Å²) in [6, 6.07) is 7.37. The van der Waals surface area contributed by atoms with Crippen LogP contribution in [0.2, 0.25) is 0 Å². The van der Waals surface area contributed by atoms with Crippen molar-refractivity contribution in [3.63, 3.8) is 0 Å². The molecule has 0 atom stereocenters. The standard InChI is InChI=1S/C17H25N3O2.ClH/c1-20(2)15(21)12-13-6-8-14(9-7-13)19-16(22)17(18)10-4-3-5-11-17;/h6-9H,3-5,10-12,18H2,1-2H3,(H,19,22);1H. The molecule has 0 spiro atoms. The summed E-state index contributed by atoms with van der Waals surface area (Å²) in [6.07, 6.45) is 5.02.